The molecule has 184 valence electrons. The highest BCUT2D eigenvalue weighted by atomic mass is 35.5. The second kappa shape index (κ2) is 9.88. The maximum absolute atomic E-state index is 12.5. The first-order valence-corrected chi connectivity index (χ1v) is 14.0. The molecule has 2 N–H and O–H groups in total. The molecule has 2 heterocycles. The number of nitrogens with zero attached hydrogens (tertiary/aromatic N) is 1. The van der Waals surface area contributed by atoms with E-state index < -0.39 is 22.0 Å². The molecule has 0 radical (unpaired) electrons. The van der Waals surface area contributed by atoms with Crippen LogP contribution in [0, 0.1) is 0 Å². The molecular formula is C26H20Cl2N2O4S2. The molecule has 0 bridgehead atoms. The standard InChI is InChI=1S/C26H20Cl2N2O4S2/c27-21-13-24(35-26(21)28)36(33,34)29-23(32)11-10-18-6-3-7-20-22(31)15-30(25(18)20)14-16-8-9-17-4-1-2-5-19(17)12-16/h1-13,22,31H,14-15H2,(H,29,32)/t22-/m0/s1. The number of carbonyl (C=O) groups excluding carboxylic acids is 1. The Morgan fingerprint density at radius 1 is 1.08 bits per heavy atom. The number of β-amino-alcohol motifs (C(OH)–C–C–N with tert-alkyl or cyclic N) is 1. The van der Waals surface area contributed by atoms with Gasteiger partial charge in [-0.25, -0.2) is 13.1 Å². The Hall–Kier alpha value is -2.88. The van der Waals surface area contributed by atoms with Gasteiger partial charge in [0.05, 0.1) is 16.8 Å². The number of aliphatic hydroxyl groups is 1. The Morgan fingerprint density at radius 2 is 1.86 bits per heavy atom. The lowest BCUT2D eigenvalue weighted by Crippen LogP contribution is -2.28. The van der Waals surface area contributed by atoms with E-state index in [1.807, 2.05) is 29.0 Å². The second-order valence-corrected chi connectivity index (χ2v) is 12.3. The minimum Gasteiger partial charge on any atom is -0.386 e. The number of rotatable bonds is 6. The molecule has 0 saturated heterocycles. The molecule has 1 amide bonds. The zero-order chi connectivity index (χ0) is 25.4. The number of aliphatic hydroxyl groups excluding tert-OH is 1. The summed E-state index contributed by atoms with van der Waals surface area (Å²) in [6, 6.07) is 21.0. The van der Waals surface area contributed by atoms with Crippen molar-refractivity contribution in [2.45, 2.75) is 16.9 Å². The molecule has 10 heteroatoms. The largest absolute Gasteiger partial charge is 0.386 e. The molecule has 6 nitrogen and oxygen atoms in total. The van der Waals surface area contributed by atoms with Crippen LogP contribution in [0.1, 0.15) is 22.8 Å². The van der Waals surface area contributed by atoms with E-state index in [0.29, 0.717) is 18.7 Å². The summed E-state index contributed by atoms with van der Waals surface area (Å²) in [4.78, 5) is 14.5. The Bertz CT molecular complexity index is 1600. The SMILES string of the molecule is O=C(C=Cc1cccc2c1N(Cc1ccc3ccccc3c1)C[C@@H]2O)NS(=O)(=O)c1cc(Cl)c(Cl)s1. The lowest BCUT2D eigenvalue weighted by atomic mass is 10.0. The third-order valence-corrected chi connectivity index (χ3v) is 9.58. The van der Waals surface area contributed by atoms with E-state index in [0.717, 1.165) is 45.0 Å². The highest BCUT2D eigenvalue weighted by Gasteiger charge is 2.29. The third kappa shape index (κ3) is 5.00. The number of anilines is 1. The Labute approximate surface area is 222 Å². The van der Waals surface area contributed by atoms with E-state index in [4.69, 9.17) is 23.2 Å². The van der Waals surface area contributed by atoms with Gasteiger partial charge in [-0.1, -0.05) is 77.8 Å². The fourth-order valence-corrected chi connectivity index (χ4v) is 7.11. The lowest BCUT2D eigenvalue weighted by molar-refractivity contribution is -0.114. The van der Waals surface area contributed by atoms with Crippen molar-refractivity contribution in [1.82, 2.24) is 4.72 Å². The number of amides is 1. The number of para-hydroxylation sites is 1. The maximum Gasteiger partial charge on any atom is 0.273 e. The number of fused-ring (bicyclic) bond motifs is 2. The topological polar surface area (TPSA) is 86.7 Å². The number of hydrogen-bond donors (Lipinski definition) is 2. The summed E-state index contributed by atoms with van der Waals surface area (Å²) in [6.45, 7) is 0.980. The molecule has 4 aromatic rings. The summed E-state index contributed by atoms with van der Waals surface area (Å²) in [5, 5.41) is 13.1. The molecule has 1 atom stereocenters. The van der Waals surface area contributed by atoms with Gasteiger partial charge in [0.25, 0.3) is 15.9 Å². The van der Waals surface area contributed by atoms with Gasteiger partial charge < -0.3 is 10.0 Å². The average molecular weight is 559 g/mol. The fraction of sp³-hybridized carbons (Fsp3) is 0.115. The smallest absolute Gasteiger partial charge is 0.273 e. The molecule has 36 heavy (non-hydrogen) atoms. The number of benzene rings is 3. The van der Waals surface area contributed by atoms with Crippen LogP contribution in [0.4, 0.5) is 5.69 Å². The van der Waals surface area contributed by atoms with Gasteiger partial charge in [-0.3, -0.25) is 4.79 Å². The van der Waals surface area contributed by atoms with Crippen LogP contribution in [-0.4, -0.2) is 26.0 Å². The number of halogens is 2. The number of sulfonamides is 1. The van der Waals surface area contributed by atoms with Crippen molar-refractivity contribution in [1.29, 1.82) is 0 Å². The average Bonchev–Trinajstić information content (AvgIpc) is 3.36. The molecule has 0 unspecified atom stereocenters. The van der Waals surface area contributed by atoms with Crippen LogP contribution < -0.4 is 9.62 Å². The molecule has 0 aliphatic carbocycles. The normalized spacial score (nSPS) is 15.5. The molecule has 0 spiro atoms. The molecule has 1 aliphatic rings. The van der Waals surface area contributed by atoms with E-state index in [2.05, 4.69) is 35.2 Å². The second-order valence-electron chi connectivity index (χ2n) is 8.35. The molecule has 0 saturated carbocycles. The van der Waals surface area contributed by atoms with Crippen molar-refractivity contribution in [2.75, 3.05) is 11.4 Å². The number of carbonyl (C=O) groups is 1. The summed E-state index contributed by atoms with van der Waals surface area (Å²) in [6.07, 6.45) is 2.03. The first-order chi connectivity index (χ1) is 17.2. The van der Waals surface area contributed by atoms with Gasteiger partial charge in [-0.05, 0) is 40.1 Å². The van der Waals surface area contributed by atoms with Gasteiger partial charge in [-0.2, -0.15) is 0 Å². The minimum atomic E-state index is -4.11. The van der Waals surface area contributed by atoms with Crippen LogP contribution in [0.3, 0.4) is 0 Å². The highest BCUT2D eigenvalue weighted by Crippen LogP contribution is 2.39. The third-order valence-electron chi connectivity index (χ3n) is 5.89. The first kappa shape index (κ1) is 24.8. The number of hydrogen-bond acceptors (Lipinski definition) is 6. The number of thiophene rings is 1. The minimum absolute atomic E-state index is 0.106. The monoisotopic (exact) mass is 558 g/mol. The van der Waals surface area contributed by atoms with E-state index in [1.54, 1.807) is 12.1 Å². The van der Waals surface area contributed by atoms with Crippen LogP contribution in [-0.2, 0) is 21.4 Å². The Balaban J connectivity index is 1.38. The summed E-state index contributed by atoms with van der Waals surface area (Å²) in [5.41, 5.74) is 3.35. The van der Waals surface area contributed by atoms with Crippen LogP contribution in [0.25, 0.3) is 16.8 Å². The maximum atomic E-state index is 12.5. The van der Waals surface area contributed by atoms with Crippen LogP contribution >= 0.6 is 34.5 Å². The molecule has 1 aliphatic heterocycles. The van der Waals surface area contributed by atoms with Gasteiger partial charge in [0.2, 0.25) is 0 Å². The van der Waals surface area contributed by atoms with Gasteiger partial charge in [-0.15, -0.1) is 11.3 Å². The fourth-order valence-electron chi connectivity index (χ4n) is 4.29. The summed E-state index contributed by atoms with van der Waals surface area (Å²) in [5.74, 6) is -0.812. The van der Waals surface area contributed by atoms with Crippen LogP contribution in [0.15, 0.2) is 77.0 Å². The molecule has 3 aromatic carbocycles. The summed E-state index contributed by atoms with van der Waals surface area (Å²) in [7, 11) is -4.11. The molecule has 5 rings (SSSR count). The van der Waals surface area contributed by atoms with Crippen molar-refractivity contribution in [3.63, 3.8) is 0 Å². The Kier molecular flexibility index (Phi) is 6.80. The predicted octanol–water partition coefficient (Wildman–Crippen LogP) is 5.78. The van der Waals surface area contributed by atoms with Crippen molar-refractivity contribution in [2.24, 2.45) is 0 Å². The summed E-state index contributed by atoms with van der Waals surface area (Å²) < 4.78 is 27.0. The zero-order valence-electron chi connectivity index (χ0n) is 18.7. The zero-order valence-corrected chi connectivity index (χ0v) is 21.8. The predicted molar refractivity (Wildman–Crippen MR) is 145 cm³/mol. The molecular weight excluding hydrogens is 539 g/mol. The summed E-state index contributed by atoms with van der Waals surface area (Å²) >= 11 is 12.5. The van der Waals surface area contributed by atoms with Crippen molar-refractivity contribution in [3.8, 4) is 0 Å². The Morgan fingerprint density at radius 3 is 2.61 bits per heavy atom. The quantitative estimate of drug-likeness (QED) is 0.293. The van der Waals surface area contributed by atoms with Crippen molar-refractivity contribution in [3.05, 3.63) is 98.9 Å². The van der Waals surface area contributed by atoms with Crippen molar-refractivity contribution >= 4 is 73.0 Å². The van der Waals surface area contributed by atoms with E-state index in [9.17, 15) is 18.3 Å². The van der Waals surface area contributed by atoms with Gasteiger partial charge in [0.1, 0.15) is 8.55 Å². The van der Waals surface area contributed by atoms with Crippen molar-refractivity contribution < 1.29 is 18.3 Å². The van der Waals surface area contributed by atoms with E-state index in [1.165, 1.54) is 6.07 Å². The van der Waals surface area contributed by atoms with Gasteiger partial charge in [0, 0.05) is 24.7 Å². The lowest BCUT2D eigenvalue weighted by Gasteiger charge is -2.21. The van der Waals surface area contributed by atoms with Crippen LogP contribution in [0.2, 0.25) is 9.36 Å². The van der Waals surface area contributed by atoms with Gasteiger partial charge >= 0.3 is 0 Å². The number of nitrogens with one attached hydrogen (secondary N) is 1. The van der Waals surface area contributed by atoms with E-state index in [-0.39, 0.29) is 13.6 Å². The molecule has 0 fully saturated rings. The van der Waals surface area contributed by atoms with Crippen LogP contribution in [0.5, 0.6) is 0 Å². The molecule has 1 aromatic heterocycles. The first-order valence-electron chi connectivity index (χ1n) is 10.9. The van der Waals surface area contributed by atoms with Gasteiger partial charge in [0.15, 0.2) is 0 Å². The van der Waals surface area contributed by atoms with E-state index >= 15 is 0 Å². The highest BCUT2D eigenvalue weighted by molar-refractivity contribution is 7.92.